The highest BCUT2D eigenvalue weighted by Gasteiger charge is 2.30. The molecule has 1 atom stereocenters. The molecule has 1 aliphatic heterocycles. The summed E-state index contributed by atoms with van der Waals surface area (Å²) in [6.45, 7) is 0.707. The second-order valence-electron chi connectivity index (χ2n) is 3.94. The first-order valence-electron chi connectivity index (χ1n) is 5.29. The van der Waals surface area contributed by atoms with Gasteiger partial charge in [0.05, 0.1) is 0 Å². The van der Waals surface area contributed by atoms with Crippen molar-refractivity contribution in [2.45, 2.75) is 12.5 Å². The number of rotatable bonds is 2. The van der Waals surface area contributed by atoms with E-state index in [-0.39, 0.29) is 17.9 Å². The van der Waals surface area contributed by atoms with Crippen LogP contribution in [0, 0.1) is 0 Å². The zero-order valence-electron chi connectivity index (χ0n) is 9.14. The molecule has 84 valence electrons. The first-order valence-corrected chi connectivity index (χ1v) is 5.29. The smallest absolute Gasteiger partial charge is 0.251 e. The van der Waals surface area contributed by atoms with Crippen molar-refractivity contribution in [1.29, 1.82) is 0 Å². The molecule has 2 amide bonds. The molecule has 4 heteroatoms. The van der Waals surface area contributed by atoms with E-state index in [1.165, 1.54) is 0 Å². The molecule has 1 aromatic rings. The van der Waals surface area contributed by atoms with Crippen LogP contribution in [0.5, 0.6) is 0 Å². The molecular formula is C12H14N2O2. The van der Waals surface area contributed by atoms with Crippen LogP contribution in [0.2, 0.25) is 0 Å². The quantitative estimate of drug-likeness (QED) is 0.792. The van der Waals surface area contributed by atoms with Crippen LogP contribution in [-0.4, -0.2) is 36.3 Å². The largest absolute Gasteiger partial charge is 0.344 e. The molecule has 0 radical (unpaired) electrons. The van der Waals surface area contributed by atoms with Crippen LogP contribution in [0.1, 0.15) is 16.8 Å². The Kier molecular flexibility index (Phi) is 2.90. The van der Waals surface area contributed by atoms with Crippen LogP contribution >= 0.6 is 0 Å². The van der Waals surface area contributed by atoms with Crippen molar-refractivity contribution in [3.05, 3.63) is 35.9 Å². The summed E-state index contributed by atoms with van der Waals surface area (Å²) in [6.07, 6.45) is 0.688. The van der Waals surface area contributed by atoms with Gasteiger partial charge < -0.3 is 10.2 Å². The summed E-state index contributed by atoms with van der Waals surface area (Å²) in [6, 6.07) is 8.56. The van der Waals surface area contributed by atoms with Crippen LogP contribution in [0.4, 0.5) is 0 Å². The van der Waals surface area contributed by atoms with Crippen molar-refractivity contribution in [2.75, 3.05) is 13.6 Å². The molecule has 2 rings (SSSR count). The molecule has 1 unspecified atom stereocenters. The molecule has 0 aliphatic carbocycles. The lowest BCUT2D eigenvalue weighted by Crippen LogP contribution is -2.40. The van der Waals surface area contributed by atoms with E-state index in [0.717, 1.165) is 0 Å². The van der Waals surface area contributed by atoms with Crippen molar-refractivity contribution in [3.63, 3.8) is 0 Å². The zero-order chi connectivity index (χ0) is 11.5. The van der Waals surface area contributed by atoms with E-state index in [4.69, 9.17) is 0 Å². The molecule has 0 spiro atoms. The minimum atomic E-state index is -0.363. The molecule has 1 N–H and O–H groups in total. The Bertz CT molecular complexity index is 403. The number of amides is 2. The Labute approximate surface area is 94.2 Å². The van der Waals surface area contributed by atoms with E-state index in [9.17, 15) is 9.59 Å². The lowest BCUT2D eigenvalue weighted by Gasteiger charge is -2.12. The topological polar surface area (TPSA) is 49.4 Å². The third-order valence-electron chi connectivity index (χ3n) is 2.77. The average molecular weight is 218 g/mol. The second-order valence-corrected chi connectivity index (χ2v) is 3.94. The first-order chi connectivity index (χ1) is 7.68. The van der Waals surface area contributed by atoms with Gasteiger partial charge in [0.15, 0.2) is 0 Å². The summed E-state index contributed by atoms with van der Waals surface area (Å²) in [5.74, 6) is -0.196. The molecule has 0 bridgehead atoms. The highest BCUT2D eigenvalue weighted by Crippen LogP contribution is 2.09. The Hall–Kier alpha value is -1.84. The van der Waals surface area contributed by atoms with Crippen LogP contribution in [-0.2, 0) is 4.79 Å². The van der Waals surface area contributed by atoms with Crippen LogP contribution < -0.4 is 5.32 Å². The SMILES string of the molecule is CN1CCC(NC(=O)c2ccccc2)C1=O. The summed E-state index contributed by atoms with van der Waals surface area (Å²) in [5.41, 5.74) is 0.588. The Morgan fingerprint density at radius 1 is 1.38 bits per heavy atom. The van der Waals surface area contributed by atoms with Crippen molar-refractivity contribution in [2.24, 2.45) is 0 Å². The van der Waals surface area contributed by atoms with E-state index >= 15 is 0 Å². The van der Waals surface area contributed by atoms with Crippen LogP contribution in [0.25, 0.3) is 0 Å². The minimum absolute atomic E-state index is 0.00992. The van der Waals surface area contributed by atoms with E-state index in [0.29, 0.717) is 18.5 Å². The highest BCUT2D eigenvalue weighted by molar-refractivity contribution is 5.97. The summed E-state index contributed by atoms with van der Waals surface area (Å²) in [7, 11) is 1.75. The Morgan fingerprint density at radius 2 is 2.06 bits per heavy atom. The van der Waals surface area contributed by atoms with E-state index in [1.807, 2.05) is 6.07 Å². The van der Waals surface area contributed by atoms with Gasteiger partial charge in [-0.25, -0.2) is 0 Å². The number of carbonyl (C=O) groups is 2. The number of hydrogen-bond donors (Lipinski definition) is 1. The summed E-state index contributed by atoms with van der Waals surface area (Å²) >= 11 is 0. The van der Waals surface area contributed by atoms with Gasteiger partial charge in [-0.05, 0) is 18.6 Å². The van der Waals surface area contributed by atoms with Gasteiger partial charge in [-0.3, -0.25) is 9.59 Å². The molecule has 0 aromatic heterocycles. The molecule has 16 heavy (non-hydrogen) atoms. The number of nitrogens with zero attached hydrogens (tertiary/aromatic N) is 1. The van der Waals surface area contributed by atoms with Gasteiger partial charge >= 0.3 is 0 Å². The van der Waals surface area contributed by atoms with Gasteiger partial charge in [-0.2, -0.15) is 0 Å². The minimum Gasteiger partial charge on any atom is -0.344 e. The summed E-state index contributed by atoms with van der Waals surface area (Å²) in [4.78, 5) is 25.0. The molecular weight excluding hydrogens is 204 g/mol. The standard InChI is InChI=1S/C12H14N2O2/c1-14-8-7-10(12(14)16)13-11(15)9-5-3-2-4-6-9/h2-6,10H,7-8H2,1H3,(H,13,15). The lowest BCUT2D eigenvalue weighted by atomic mass is 10.2. The molecule has 1 aliphatic rings. The van der Waals surface area contributed by atoms with Crippen LogP contribution in [0.3, 0.4) is 0 Å². The van der Waals surface area contributed by atoms with Crippen molar-refractivity contribution < 1.29 is 9.59 Å². The second kappa shape index (κ2) is 4.35. The van der Waals surface area contributed by atoms with Gasteiger partial charge in [-0.15, -0.1) is 0 Å². The Balaban J connectivity index is 2.01. The maximum absolute atomic E-state index is 11.8. The van der Waals surface area contributed by atoms with Gasteiger partial charge in [0.25, 0.3) is 5.91 Å². The fourth-order valence-corrected chi connectivity index (χ4v) is 1.79. The van der Waals surface area contributed by atoms with Crippen molar-refractivity contribution in [1.82, 2.24) is 10.2 Å². The monoisotopic (exact) mass is 218 g/mol. The van der Waals surface area contributed by atoms with Crippen molar-refractivity contribution in [3.8, 4) is 0 Å². The third kappa shape index (κ3) is 2.05. The first kappa shape index (κ1) is 10.7. The fraction of sp³-hybridized carbons (Fsp3) is 0.333. The Morgan fingerprint density at radius 3 is 2.62 bits per heavy atom. The normalized spacial score (nSPS) is 19.9. The highest BCUT2D eigenvalue weighted by atomic mass is 16.2. The zero-order valence-corrected chi connectivity index (χ0v) is 9.14. The van der Waals surface area contributed by atoms with E-state index in [1.54, 1.807) is 36.2 Å². The number of nitrogens with one attached hydrogen (secondary N) is 1. The number of likely N-dealkylation sites (N-methyl/N-ethyl adjacent to an activating group) is 1. The van der Waals surface area contributed by atoms with E-state index in [2.05, 4.69) is 5.32 Å². The van der Waals surface area contributed by atoms with Gasteiger partial charge in [0, 0.05) is 19.2 Å². The number of hydrogen-bond acceptors (Lipinski definition) is 2. The summed E-state index contributed by atoms with van der Waals surface area (Å²) < 4.78 is 0. The number of benzene rings is 1. The van der Waals surface area contributed by atoms with Gasteiger partial charge in [-0.1, -0.05) is 18.2 Å². The predicted molar refractivity (Wildman–Crippen MR) is 60.0 cm³/mol. The molecule has 1 heterocycles. The van der Waals surface area contributed by atoms with Crippen LogP contribution in [0.15, 0.2) is 30.3 Å². The van der Waals surface area contributed by atoms with E-state index < -0.39 is 0 Å². The lowest BCUT2D eigenvalue weighted by molar-refractivity contribution is -0.128. The maximum Gasteiger partial charge on any atom is 0.251 e. The molecule has 1 saturated heterocycles. The third-order valence-corrected chi connectivity index (χ3v) is 2.77. The summed E-state index contributed by atoms with van der Waals surface area (Å²) in [5, 5.41) is 2.75. The molecule has 0 saturated carbocycles. The maximum atomic E-state index is 11.8. The number of carbonyl (C=O) groups excluding carboxylic acids is 2. The number of likely N-dealkylation sites (tertiary alicyclic amines) is 1. The molecule has 4 nitrogen and oxygen atoms in total. The molecule has 1 aromatic carbocycles. The molecule has 1 fully saturated rings. The van der Waals surface area contributed by atoms with Crippen molar-refractivity contribution >= 4 is 11.8 Å². The van der Waals surface area contributed by atoms with Gasteiger partial charge in [0.2, 0.25) is 5.91 Å². The predicted octanol–water partition coefficient (Wildman–Crippen LogP) is 0.647. The van der Waals surface area contributed by atoms with Gasteiger partial charge in [0.1, 0.15) is 6.04 Å². The average Bonchev–Trinajstić information content (AvgIpc) is 2.62. The fourth-order valence-electron chi connectivity index (χ4n) is 1.79.